The lowest BCUT2D eigenvalue weighted by molar-refractivity contribution is -0.384. The number of nitro benzene ring substituents is 1. The lowest BCUT2D eigenvalue weighted by Crippen LogP contribution is -2.15. The summed E-state index contributed by atoms with van der Waals surface area (Å²) in [7, 11) is 1.50. The van der Waals surface area contributed by atoms with Crippen molar-refractivity contribution in [2.45, 2.75) is 19.9 Å². The molecule has 0 aliphatic carbocycles. The second kappa shape index (κ2) is 6.58. The molecule has 6 heteroatoms. The number of anilines is 1. The van der Waals surface area contributed by atoms with E-state index < -0.39 is 4.92 Å². The zero-order chi connectivity index (χ0) is 15.4. The molecule has 0 aliphatic rings. The number of methoxy groups -OCH3 is 1. The lowest BCUT2D eigenvalue weighted by Gasteiger charge is -2.22. The van der Waals surface area contributed by atoms with Crippen molar-refractivity contribution < 1.29 is 9.66 Å². The van der Waals surface area contributed by atoms with Gasteiger partial charge in [-0.25, -0.2) is 0 Å². The molecule has 0 bridgehead atoms. The van der Waals surface area contributed by atoms with Crippen LogP contribution in [-0.2, 0) is 0 Å². The normalized spacial score (nSPS) is 12.2. The third-order valence-corrected chi connectivity index (χ3v) is 4.13. The average molecular weight is 306 g/mol. The first-order valence-electron chi connectivity index (χ1n) is 6.64. The first kappa shape index (κ1) is 15.3. The van der Waals surface area contributed by atoms with Gasteiger partial charge in [-0.05, 0) is 17.4 Å². The Morgan fingerprint density at radius 3 is 2.62 bits per heavy atom. The van der Waals surface area contributed by atoms with Crippen LogP contribution in [0.1, 0.15) is 24.8 Å². The zero-order valence-corrected chi connectivity index (χ0v) is 13.0. The van der Waals surface area contributed by atoms with Gasteiger partial charge in [-0.2, -0.15) is 0 Å². The molecule has 0 spiro atoms. The van der Waals surface area contributed by atoms with E-state index in [4.69, 9.17) is 4.74 Å². The number of hydrogen-bond acceptors (Lipinski definition) is 5. The molecule has 0 saturated carbocycles. The fraction of sp³-hybridized carbons (Fsp3) is 0.333. The molecular formula is C15H18N2O3S. The Bertz CT molecular complexity index is 611. The summed E-state index contributed by atoms with van der Waals surface area (Å²) >= 11 is 1.67. The van der Waals surface area contributed by atoms with Crippen molar-refractivity contribution >= 4 is 22.7 Å². The molecule has 0 amide bonds. The van der Waals surface area contributed by atoms with Crippen LogP contribution in [0.5, 0.6) is 5.75 Å². The minimum atomic E-state index is -0.413. The number of benzene rings is 1. The van der Waals surface area contributed by atoms with Crippen molar-refractivity contribution in [2.24, 2.45) is 5.92 Å². The second-order valence-corrected chi connectivity index (χ2v) is 6.04. The van der Waals surface area contributed by atoms with E-state index in [1.54, 1.807) is 17.4 Å². The predicted octanol–water partition coefficient (Wildman–Crippen LogP) is 4.47. The van der Waals surface area contributed by atoms with Crippen LogP contribution in [0.15, 0.2) is 35.7 Å². The van der Waals surface area contributed by atoms with Crippen LogP contribution >= 0.6 is 11.3 Å². The van der Waals surface area contributed by atoms with Crippen LogP contribution < -0.4 is 10.1 Å². The monoisotopic (exact) mass is 306 g/mol. The maximum atomic E-state index is 11.0. The summed E-state index contributed by atoms with van der Waals surface area (Å²) in [5.41, 5.74) is 0.707. The van der Waals surface area contributed by atoms with Gasteiger partial charge >= 0.3 is 0 Å². The Morgan fingerprint density at radius 1 is 1.33 bits per heavy atom. The van der Waals surface area contributed by atoms with Crippen molar-refractivity contribution in [3.8, 4) is 5.75 Å². The molecule has 1 aromatic carbocycles. The van der Waals surface area contributed by atoms with Crippen LogP contribution in [0.25, 0.3) is 0 Å². The van der Waals surface area contributed by atoms with Crippen molar-refractivity contribution in [1.82, 2.24) is 0 Å². The molecule has 2 aromatic rings. The van der Waals surface area contributed by atoms with Gasteiger partial charge in [0.15, 0.2) is 0 Å². The van der Waals surface area contributed by atoms with Crippen molar-refractivity contribution in [3.05, 3.63) is 50.7 Å². The maximum absolute atomic E-state index is 11.0. The fourth-order valence-corrected chi connectivity index (χ4v) is 3.05. The molecule has 0 aliphatic heterocycles. The summed E-state index contributed by atoms with van der Waals surface area (Å²) in [6.07, 6.45) is 0. The number of hydrogen-bond donors (Lipinski definition) is 1. The van der Waals surface area contributed by atoms with Gasteiger partial charge in [0.25, 0.3) is 5.69 Å². The minimum Gasteiger partial charge on any atom is -0.496 e. The van der Waals surface area contributed by atoms with Gasteiger partial charge in [-0.1, -0.05) is 19.9 Å². The molecule has 1 N–H and O–H groups in total. The SMILES string of the molecule is COc1cc(NC(c2cccs2)C(C)C)cc([N+](=O)[O-])c1. The molecule has 0 saturated heterocycles. The van der Waals surface area contributed by atoms with Crippen LogP contribution in [-0.4, -0.2) is 12.0 Å². The summed E-state index contributed by atoms with van der Waals surface area (Å²) in [4.78, 5) is 11.8. The number of rotatable bonds is 6. The number of nitro groups is 1. The molecule has 21 heavy (non-hydrogen) atoms. The molecule has 2 rings (SSSR count). The number of nitrogens with zero attached hydrogens (tertiary/aromatic N) is 1. The molecule has 112 valence electrons. The summed E-state index contributed by atoms with van der Waals surface area (Å²) in [6.45, 7) is 4.23. The van der Waals surface area contributed by atoms with E-state index in [-0.39, 0.29) is 11.7 Å². The van der Waals surface area contributed by atoms with E-state index >= 15 is 0 Å². The van der Waals surface area contributed by atoms with Gasteiger partial charge < -0.3 is 10.1 Å². The van der Waals surface area contributed by atoms with Gasteiger partial charge in [0.05, 0.1) is 24.1 Å². The Kier molecular flexibility index (Phi) is 4.80. The average Bonchev–Trinajstić information content (AvgIpc) is 2.97. The predicted molar refractivity (Wildman–Crippen MR) is 85.2 cm³/mol. The van der Waals surface area contributed by atoms with Gasteiger partial charge in [0.2, 0.25) is 0 Å². The van der Waals surface area contributed by atoms with Crippen molar-refractivity contribution in [3.63, 3.8) is 0 Å². The van der Waals surface area contributed by atoms with Gasteiger partial charge in [0, 0.05) is 22.7 Å². The van der Waals surface area contributed by atoms with Crippen molar-refractivity contribution in [1.29, 1.82) is 0 Å². The van der Waals surface area contributed by atoms with Gasteiger partial charge in [-0.15, -0.1) is 11.3 Å². The Labute approximate surface area is 127 Å². The number of non-ortho nitro benzene ring substituents is 1. The third-order valence-electron chi connectivity index (χ3n) is 3.18. The van der Waals surface area contributed by atoms with Gasteiger partial charge in [-0.3, -0.25) is 10.1 Å². The Morgan fingerprint density at radius 2 is 2.10 bits per heavy atom. The van der Waals surface area contributed by atoms with E-state index in [0.29, 0.717) is 17.4 Å². The topological polar surface area (TPSA) is 64.4 Å². The van der Waals surface area contributed by atoms with Gasteiger partial charge in [0.1, 0.15) is 5.75 Å². The highest BCUT2D eigenvalue weighted by atomic mass is 32.1. The number of thiophene rings is 1. The lowest BCUT2D eigenvalue weighted by atomic mass is 10.0. The Balaban J connectivity index is 2.32. The van der Waals surface area contributed by atoms with E-state index in [1.807, 2.05) is 11.4 Å². The molecular weight excluding hydrogens is 288 g/mol. The number of nitrogens with one attached hydrogen (secondary N) is 1. The quantitative estimate of drug-likeness (QED) is 0.631. The largest absolute Gasteiger partial charge is 0.496 e. The summed E-state index contributed by atoms with van der Waals surface area (Å²) in [5, 5.41) is 16.4. The molecule has 0 fully saturated rings. The molecule has 5 nitrogen and oxygen atoms in total. The van der Waals surface area contributed by atoms with Crippen LogP contribution in [0.3, 0.4) is 0 Å². The maximum Gasteiger partial charge on any atom is 0.275 e. The standard InChI is InChI=1S/C15H18N2O3S/c1-10(2)15(14-5-4-6-21-14)16-11-7-12(17(18)19)9-13(8-11)20-3/h4-10,15-16H,1-3H3. The highest BCUT2D eigenvalue weighted by molar-refractivity contribution is 7.10. The Hall–Kier alpha value is -2.08. The summed E-state index contributed by atoms with van der Waals surface area (Å²) < 4.78 is 5.14. The highest BCUT2D eigenvalue weighted by Gasteiger charge is 2.18. The smallest absolute Gasteiger partial charge is 0.275 e. The van der Waals surface area contributed by atoms with E-state index in [1.165, 1.54) is 24.1 Å². The second-order valence-electron chi connectivity index (χ2n) is 5.06. The van der Waals surface area contributed by atoms with E-state index in [0.717, 1.165) is 0 Å². The van der Waals surface area contributed by atoms with Crippen LogP contribution in [0.2, 0.25) is 0 Å². The van der Waals surface area contributed by atoms with E-state index in [2.05, 4.69) is 25.2 Å². The fourth-order valence-electron chi connectivity index (χ4n) is 2.10. The van der Waals surface area contributed by atoms with Crippen molar-refractivity contribution in [2.75, 3.05) is 12.4 Å². The molecule has 1 atom stereocenters. The third kappa shape index (κ3) is 3.72. The zero-order valence-electron chi connectivity index (χ0n) is 12.2. The highest BCUT2D eigenvalue weighted by Crippen LogP contribution is 2.33. The summed E-state index contributed by atoms with van der Waals surface area (Å²) in [6, 6.07) is 8.90. The van der Waals surface area contributed by atoms with Crippen LogP contribution in [0.4, 0.5) is 11.4 Å². The molecule has 0 radical (unpaired) electrons. The molecule has 1 heterocycles. The molecule has 1 unspecified atom stereocenters. The first-order valence-corrected chi connectivity index (χ1v) is 7.52. The minimum absolute atomic E-state index is 0.0190. The first-order chi connectivity index (χ1) is 10.0. The van der Waals surface area contributed by atoms with E-state index in [9.17, 15) is 10.1 Å². The molecule has 1 aromatic heterocycles. The number of ether oxygens (including phenoxy) is 1. The summed E-state index contributed by atoms with van der Waals surface area (Å²) in [5.74, 6) is 0.828. The van der Waals surface area contributed by atoms with Crippen LogP contribution in [0, 0.1) is 16.0 Å².